The highest BCUT2D eigenvalue weighted by molar-refractivity contribution is 7.07. The minimum absolute atomic E-state index is 0.224. The van der Waals surface area contributed by atoms with E-state index in [9.17, 15) is 9.59 Å². The Morgan fingerprint density at radius 1 is 1.05 bits per heavy atom. The lowest BCUT2D eigenvalue weighted by Gasteiger charge is -2.24. The van der Waals surface area contributed by atoms with Crippen molar-refractivity contribution in [2.75, 3.05) is 13.7 Å². The average molecular weight is 589 g/mol. The highest BCUT2D eigenvalue weighted by atomic mass is 35.5. The van der Waals surface area contributed by atoms with Gasteiger partial charge in [0.1, 0.15) is 6.61 Å². The Hall–Kier alpha value is -4.14. The Morgan fingerprint density at radius 3 is 2.46 bits per heavy atom. The number of carbonyl (C=O) groups is 1. The van der Waals surface area contributed by atoms with Crippen LogP contribution in [0, 0.1) is 6.92 Å². The van der Waals surface area contributed by atoms with Crippen LogP contribution in [-0.4, -0.2) is 24.3 Å². The maximum atomic E-state index is 13.8. The predicted molar refractivity (Wildman–Crippen MR) is 160 cm³/mol. The minimum Gasteiger partial charge on any atom is -0.493 e. The molecule has 210 valence electrons. The number of hydrogen-bond acceptors (Lipinski definition) is 7. The SMILES string of the molecule is CCOC(=O)C1=C(C)N=c2s/c(=C\c3ccc(OCc4ccc(Cl)cc4)c(OC)c3)c(=O)n2[C@H]1c1ccc(C)cc1. The topological polar surface area (TPSA) is 79.1 Å². The third-order valence-corrected chi connectivity index (χ3v) is 7.94. The summed E-state index contributed by atoms with van der Waals surface area (Å²) in [7, 11) is 1.57. The Morgan fingerprint density at radius 2 is 1.78 bits per heavy atom. The van der Waals surface area contributed by atoms with Crippen molar-refractivity contribution >= 4 is 35.0 Å². The van der Waals surface area contributed by atoms with Crippen molar-refractivity contribution in [2.24, 2.45) is 4.99 Å². The number of hydrogen-bond donors (Lipinski definition) is 0. The Labute approximate surface area is 246 Å². The van der Waals surface area contributed by atoms with Crippen molar-refractivity contribution < 1.29 is 19.0 Å². The van der Waals surface area contributed by atoms with E-state index in [1.807, 2.05) is 73.7 Å². The van der Waals surface area contributed by atoms with E-state index in [1.54, 1.807) is 31.6 Å². The van der Waals surface area contributed by atoms with Crippen LogP contribution in [0.4, 0.5) is 0 Å². The molecule has 0 N–H and O–H groups in total. The summed E-state index contributed by atoms with van der Waals surface area (Å²) >= 11 is 7.25. The van der Waals surface area contributed by atoms with Crippen LogP contribution in [0.2, 0.25) is 5.02 Å². The first-order valence-electron chi connectivity index (χ1n) is 13.1. The van der Waals surface area contributed by atoms with Gasteiger partial charge in [-0.2, -0.15) is 0 Å². The third-order valence-electron chi connectivity index (χ3n) is 6.70. The molecule has 1 aliphatic rings. The molecule has 0 fully saturated rings. The fraction of sp³-hybridized carbons (Fsp3) is 0.219. The number of halogens is 1. The molecule has 3 aromatic carbocycles. The highest BCUT2D eigenvalue weighted by Gasteiger charge is 2.33. The van der Waals surface area contributed by atoms with Gasteiger partial charge in [-0.15, -0.1) is 0 Å². The molecule has 1 aromatic heterocycles. The van der Waals surface area contributed by atoms with Gasteiger partial charge in [-0.05, 0) is 67.8 Å². The molecule has 0 saturated carbocycles. The summed E-state index contributed by atoms with van der Waals surface area (Å²) in [6.45, 7) is 6.10. The van der Waals surface area contributed by atoms with Crippen LogP contribution in [0.1, 0.15) is 42.1 Å². The zero-order valence-electron chi connectivity index (χ0n) is 23.1. The molecule has 1 atom stereocenters. The lowest BCUT2D eigenvalue weighted by molar-refractivity contribution is -0.139. The fourth-order valence-electron chi connectivity index (χ4n) is 4.64. The molecule has 9 heteroatoms. The van der Waals surface area contributed by atoms with Crippen LogP contribution in [0.5, 0.6) is 11.5 Å². The smallest absolute Gasteiger partial charge is 0.338 e. The molecule has 0 bridgehead atoms. The van der Waals surface area contributed by atoms with E-state index in [1.165, 1.54) is 11.3 Å². The lowest BCUT2D eigenvalue weighted by Crippen LogP contribution is -2.39. The zero-order valence-corrected chi connectivity index (χ0v) is 24.7. The molecule has 41 heavy (non-hydrogen) atoms. The number of aryl methyl sites for hydroxylation is 1. The number of carbonyl (C=O) groups excluding carboxylic acids is 1. The Balaban J connectivity index is 1.53. The largest absolute Gasteiger partial charge is 0.493 e. The van der Waals surface area contributed by atoms with Crippen molar-refractivity contribution in [3.8, 4) is 11.5 Å². The van der Waals surface area contributed by atoms with Crippen molar-refractivity contribution in [2.45, 2.75) is 33.4 Å². The molecule has 5 rings (SSSR count). The van der Waals surface area contributed by atoms with Crippen molar-refractivity contribution in [3.63, 3.8) is 0 Å². The summed E-state index contributed by atoms with van der Waals surface area (Å²) in [6.07, 6.45) is 1.80. The molecule has 0 spiro atoms. The summed E-state index contributed by atoms with van der Waals surface area (Å²) < 4.78 is 19.0. The number of ether oxygens (including phenoxy) is 3. The summed E-state index contributed by atoms with van der Waals surface area (Å²) in [6, 6.07) is 20.1. The molecule has 7 nitrogen and oxygen atoms in total. The van der Waals surface area contributed by atoms with Crippen LogP contribution < -0.4 is 24.4 Å². The maximum absolute atomic E-state index is 13.8. The van der Waals surface area contributed by atoms with Crippen LogP contribution in [0.3, 0.4) is 0 Å². The van der Waals surface area contributed by atoms with Gasteiger partial charge < -0.3 is 14.2 Å². The number of allylic oxidation sites excluding steroid dienone is 1. The second-order valence-corrected chi connectivity index (χ2v) is 11.0. The predicted octanol–water partition coefficient (Wildman–Crippen LogP) is 5.35. The van der Waals surface area contributed by atoms with Crippen molar-refractivity contribution in [1.82, 2.24) is 4.57 Å². The molecule has 4 aromatic rings. The molecule has 0 unspecified atom stereocenters. The molecule has 0 radical (unpaired) electrons. The zero-order chi connectivity index (χ0) is 29.1. The summed E-state index contributed by atoms with van der Waals surface area (Å²) in [5.74, 6) is 0.640. The molecule has 1 aliphatic heterocycles. The fourth-order valence-corrected chi connectivity index (χ4v) is 5.81. The Bertz CT molecular complexity index is 1800. The minimum atomic E-state index is -0.647. The molecule has 0 amide bonds. The summed E-state index contributed by atoms with van der Waals surface area (Å²) in [5.41, 5.74) is 4.28. The van der Waals surface area contributed by atoms with Gasteiger partial charge in [-0.3, -0.25) is 9.36 Å². The second kappa shape index (κ2) is 12.2. The number of thiazole rings is 1. The van der Waals surface area contributed by atoms with Crippen LogP contribution >= 0.6 is 22.9 Å². The van der Waals surface area contributed by atoms with Gasteiger partial charge in [0.25, 0.3) is 5.56 Å². The number of aromatic nitrogens is 1. The first-order chi connectivity index (χ1) is 19.8. The van der Waals surface area contributed by atoms with E-state index in [2.05, 4.69) is 4.99 Å². The van der Waals surface area contributed by atoms with E-state index in [0.29, 0.717) is 43.7 Å². The van der Waals surface area contributed by atoms with Gasteiger partial charge in [0, 0.05) is 5.02 Å². The first kappa shape index (κ1) is 28.4. The standard InChI is InChI=1S/C32H29ClN2O5S/c1-5-39-31(37)28-20(3)34-32-35(29(28)23-11-6-19(2)7-12-23)30(36)27(41-32)17-22-10-15-25(26(16-22)38-4)40-18-21-8-13-24(33)14-9-21/h6-17,29H,5,18H2,1-4H3/b27-17-/t29-/m0/s1. The van der Waals surface area contributed by atoms with Gasteiger partial charge in [0.05, 0.1) is 35.6 Å². The second-order valence-electron chi connectivity index (χ2n) is 9.54. The van der Waals surface area contributed by atoms with E-state index in [0.717, 1.165) is 22.3 Å². The molecule has 2 heterocycles. The first-order valence-corrected chi connectivity index (χ1v) is 14.3. The van der Waals surface area contributed by atoms with Gasteiger partial charge >= 0.3 is 5.97 Å². The highest BCUT2D eigenvalue weighted by Crippen LogP contribution is 2.31. The molecular formula is C32H29ClN2O5S. The number of nitrogens with zero attached hydrogens (tertiary/aromatic N) is 2. The van der Waals surface area contributed by atoms with Crippen LogP contribution in [0.25, 0.3) is 6.08 Å². The molecular weight excluding hydrogens is 560 g/mol. The number of methoxy groups -OCH3 is 1. The van der Waals surface area contributed by atoms with E-state index in [4.69, 9.17) is 25.8 Å². The van der Waals surface area contributed by atoms with Crippen molar-refractivity contribution in [1.29, 1.82) is 0 Å². The number of esters is 1. The normalized spacial score (nSPS) is 14.9. The van der Waals surface area contributed by atoms with Gasteiger partial charge in [-0.25, -0.2) is 9.79 Å². The Kier molecular flexibility index (Phi) is 8.42. The van der Waals surface area contributed by atoms with Gasteiger partial charge in [0.2, 0.25) is 0 Å². The van der Waals surface area contributed by atoms with E-state index in [-0.39, 0.29) is 12.2 Å². The van der Waals surface area contributed by atoms with Gasteiger partial charge in [0.15, 0.2) is 16.3 Å². The average Bonchev–Trinajstić information content (AvgIpc) is 3.26. The maximum Gasteiger partial charge on any atom is 0.338 e. The van der Waals surface area contributed by atoms with Crippen LogP contribution in [0.15, 0.2) is 87.8 Å². The number of fused-ring (bicyclic) bond motifs is 1. The van der Waals surface area contributed by atoms with E-state index < -0.39 is 12.0 Å². The monoisotopic (exact) mass is 588 g/mol. The summed E-state index contributed by atoms with van der Waals surface area (Å²) in [4.78, 5) is 32.1. The van der Waals surface area contributed by atoms with Crippen molar-refractivity contribution in [3.05, 3.63) is 125 Å². The van der Waals surface area contributed by atoms with E-state index >= 15 is 0 Å². The quantitative estimate of drug-likeness (QED) is 0.259. The number of rotatable bonds is 8. The molecule has 0 saturated heterocycles. The number of benzene rings is 3. The summed E-state index contributed by atoms with van der Waals surface area (Å²) in [5, 5.41) is 0.665. The molecule has 0 aliphatic carbocycles. The third kappa shape index (κ3) is 5.99. The van der Waals surface area contributed by atoms with Crippen LogP contribution in [-0.2, 0) is 16.1 Å². The lowest BCUT2D eigenvalue weighted by atomic mass is 9.95. The van der Waals surface area contributed by atoms with Gasteiger partial charge in [-0.1, -0.05) is 71.0 Å².